The van der Waals surface area contributed by atoms with Gasteiger partial charge >= 0.3 is 0 Å². The third kappa shape index (κ3) is 0.520. The Morgan fingerprint density at radius 3 is 2.64 bits per heavy atom. The summed E-state index contributed by atoms with van der Waals surface area (Å²) in [5.74, 6) is 1.53. The zero-order valence-electron chi connectivity index (χ0n) is 6.33. The molecule has 3 unspecified atom stereocenters. The third-order valence-corrected chi connectivity index (χ3v) is 3.18. The van der Waals surface area contributed by atoms with Gasteiger partial charge in [0.1, 0.15) is 0 Å². The van der Waals surface area contributed by atoms with Gasteiger partial charge in [0.2, 0.25) is 0 Å². The highest BCUT2D eigenvalue weighted by Gasteiger charge is 2.49. The van der Waals surface area contributed by atoms with Gasteiger partial charge in [0.15, 0.2) is 0 Å². The van der Waals surface area contributed by atoms with E-state index in [1.807, 2.05) is 0 Å². The van der Waals surface area contributed by atoms with Crippen LogP contribution in [0, 0.1) is 0 Å². The number of hydrogen-bond acceptors (Lipinski definition) is 1. The molecule has 0 spiro atoms. The molecule has 56 valence electrons. The van der Waals surface area contributed by atoms with Gasteiger partial charge in [-0.1, -0.05) is 24.3 Å². The van der Waals surface area contributed by atoms with Crippen molar-refractivity contribution in [3.63, 3.8) is 0 Å². The molecule has 0 bridgehead atoms. The third-order valence-electron chi connectivity index (χ3n) is 3.18. The van der Waals surface area contributed by atoms with Crippen LogP contribution >= 0.6 is 0 Å². The van der Waals surface area contributed by atoms with Crippen molar-refractivity contribution in [3.05, 3.63) is 35.4 Å². The van der Waals surface area contributed by atoms with Gasteiger partial charge in [-0.25, -0.2) is 0 Å². The second-order valence-corrected chi connectivity index (χ2v) is 3.66. The maximum atomic E-state index is 5.88. The van der Waals surface area contributed by atoms with Crippen molar-refractivity contribution >= 4 is 0 Å². The van der Waals surface area contributed by atoms with Crippen LogP contribution in [0.1, 0.15) is 29.4 Å². The highest BCUT2D eigenvalue weighted by molar-refractivity contribution is 5.50. The number of nitrogens with two attached hydrogens (primary N) is 1. The van der Waals surface area contributed by atoms with Crippen molar-refractivity contribution in [2.45, 2.75) is 24.3 Å². The summed E-state index contributed by atoms with van der Waals surface area (Å²) in [6.07, 6.45) is 1.21. The summed E-state index contributed by atoms with van der Waals surface area (Å²) in [5.41, 5.74) is 8.94. The highest BCUT2D eigenvalue weighted by Crippen LogP contribution is 2.58. The Balaban J connectivity index is 2.11. The molecule has 0 heterocycles. The van der Waals surface area contributed by atoms with Gasteiger partial charge in [-0.2, -0.15) is 0 Å². The minimum Gasteiger partial charge on any atom is -0.327 e. The van der Waals surface area contributed by atoms with E-state index in [2.05, 4.69) is 24.3 Å². The first-order valence-electron chi connectivity index (χ1n) is 4.22. The van der Waals surface area contributed by atoms with Gasteiger partial charge in [-0.3, -0.25) is 0 Å². The molecule has 2 aliphatic rings. The molecule has 1 saturated carbocycles. The van der Waals surface area contributed by atoms with Crippen LogP contribution in [0.5, 0.6) is 0 Å². The molecule has 0 aliphatic heterocycles. The lowest BCUT2D eigenvalue weighted by Gasteiger charge is -2.52. The van der Waals surface area contributed by atoms with E-state index in [0.717, 1.165) is 5.92 Å². The second-order valence-electron chi connectivity index (χ2n) is 3.66. The van der Waals surface area contributed by atoms with E-state index >= 15 is 0 Å². The maximum absolute atomic E-state index is 5.88. The lowest BCUT2D eigenvalue weighted by molar-refractivity contribution is 0.242. The molecule has 3 atom stereocenters. The van der Waals surface area contributed by atoms with Crippen LogP contribution in [0.25, 0.3) is 0 Å². The Morgan fingerprint density at radius 1 is 1.18 bits per heavy atom. The topological polar surface area (TPSA) is 26.0 Å². The standard InChI is InChI=1S/C10H11N/c11-9-5-8-6-3-1-2-4-7(6)10(8)9/h1-4,8-10H,5,11H2. The van der Waals surface area contributed by atoms with Gasteiger partial charge in [0, 0.05) is 12.0 Å². The zero-order valence-corrected chi connectivity index (χ0v) is 6.33. The highest BCUT2D eigenvalue weighted by atomic mass is 14.7. The van der Waals surface area contributed by atoms with Crippen molar-refractivity contribution in [2.75, 3.05) is 0 Å². The van der Waals surface area contributed by atoms with Gasteiger partial charge < -0.3 is 5.73 Å². The molecule has 0 aromatic heterocycles. The van der Waals surface area contributed by atoms with E-state index in [1.54, 1.807) is 5.56 Å². The molecule has 1 nitrogen and oxygen atoms in total. The number of benzene rings is 1. The molecule has 0 saturated heterocycles. The molecular formula is C10H11N. The first-order valence-corrected chi connectivity index (χ1v) is 4.22. The Hall–Kier alpha value is -0.820. The molecular weight excluding hydrogens is 134 g/mol. The minimum absolute atomic E-state index is 0.454. The van der Waals surface area contributed by atoms with Gasteiger partial charge in [0.05, 0.1) is 0 Å². The summed E-state index contributed by atoms with van der Waals surface area (Å²) in [7, 11) is 0. The number of rotatable bonds is 0. The molecule has 0 radical (unpaired) electrons. The van der Waals surface area contributed by atoms with E-state index in [1.165, 1.54) is 12.0 Å². The summed E-state index contributed by atoms with van der Waals surface area (Å²) in [6.45, 7) is 0. The lowest BCUT2D eigenvalue weighted by Crippen LogP contribution is -2.50. The maximum Gasteiger partial charge on any atom is 0.0120 e. The van der Waals surface area contributed by atoms with Crippen LogP contribution < -0.4 is 5.73 Å². The van der Waals surface area contributed by atoms with Crippen LogP contribution in [0.4, 0.5) is 0 Å². The van der Waals surface area contributed by atoms with Crippen molar-refractivity contribution in [1.29, 1.82) is 0 Å². The molecule has 1 heteroatoms. The van der Waals surface area contributed by atoms with Gasteiger partial charge in [-0.05, 0) is 23.5 Å². The van der Waals surface area contributed by atoms with Crippen LogP contribution in [-0.4, -0.2) is 6.04 Å². The van der Waals surface area contributed by atoms with Crippen LogP contribution in [0.2, 0.25) is 0 Å². The second kappa shape index (κ2) is 1.67. The summed E-state index contributed by atoms with van der Waals surface area (Å²) in [5, 5.41) is 0. The minimum atomic E-state index is 0.454. The first kappa shape index (κ1) is 5.78. The quantitative estimate of drug-likeness (QED) is 0.589. The molecule has 3 rings (SSSR count). The Bertz CT molecular complexity index is 305. The summed E-state index contributed by atoms with van der Waals surface area (Å²) >= 11 is 0. The van der Waals surface area contributed by atoms with Crippen LogP contribution in [0.3, 0.4) is 0 Å². The smallest absolute Gasteiger partial charge is 0.0120 e. The van der Waals surface area contributed by atoms with E-state index in [0.29, 0.717) is 12.0 Å². The summed E-state index contributed by atoms with van der Waals surface area (Å²) in [6, 6.07) is 9.14. The Morgan fingerprint density at radius 2 is 1.91 bits per heavy atom. The SMILES string of the molecule is NC1CC2c3ccccc3C12. The monoisotopic (exact) mass is 145 g/mol. The average molecular weight is 145 g/mol. The van der Waals surface area contributed by atoms with Crippen molar-refractivity contribution in [1.82, 2.24) is 0 Å². The predicted octanol–water partition coefficient (Wildman–Crippen LogP) is 1.60. The van der Waals surface area contributed by atoms with Gasteiger partial charge in [-0.15, -0.1) is 0 Å². The van der Waals surface area contributed by atoms with Crippen LogP contribution in [0.15, 0.2) is 24.3 Å². The molecule has 2 aliphatic carbocycles. The molecule has 1 aromatic rings. The Kier molecular flexibility index (Phi) is 0.878. The molecule has 0 amide bonds. The molecule has 2 N–H and O–H groups in total. The predicted molar refractivity (Wildman–Crippen MR) is 44.5 cm³/mol. The van der Waals surface area contributed by atoms with E-state index in [-0.39, 0.29) is 0 Å². The zero-order chi connectivity index (χ0) is 7.42. The molecule has 1 fully saturated rings. The number of fused-ring (bicyclic) bond motifs is 4. The normalized spacial score (nSPS) is 38.1. The van der Waals surface area contributed by atoms with Gasteiger partial charge in [0.25, 0.3) is 0 Å². The Labute approximate surface area is 66.2 Å². The van der Waals surface area contributed by atoms with E-state index in [4.69, 9.17) is 5.73 Å². The fourth-order valence-corrected chi connectivity index (χ4v) is 2.51. The van der Waals surface area contributed by atoms with Crippen molar-refractivity contribution in [3.8, 4) is 0 Å². The number of hydrogen-bond donors (Lipinski definition) is 1. The summed E-state index contributed by atoms with van der Waals surface area (Å²) in [4.78, 5) is 0. The first-order chi connectivity index (χ1) is 5.38. The van der Waals surface area contributed by atoms with E-state index in [9.17, 15) is 0 Å². The lowest BCUT2D eigenvalue weighted by atomic mass is 9.53. The van der Waals surface area contributed by atoms with Crippen LogP contribution in [-0.2, 0) is 0 Å². The largest absolute Gasteiger partial charge is 0.327 e. The van der Waals surface area contributed by atoms with E-state index < -0.39 is 0 Å². The average Bonchev–Trinajstić information content (AvgIpc) is 1.99. The summed E-state index contributed by atoms with van der Waals surface area (Å²) < 4.78 is 0. The molecule has 11 heavy (non-hydrogen) atoms. The van der Waals surface area contributed by atoms with Crippen molar-refractivity contribution < 1.29 is 0 Å². The fourth-order valence-electron chi connectivity index (χ4n) is 2.51. The van der Waals surface area contributed by atoms with Crippen molar-refractivity contribution in [2.24, 2.45) is 5.73 Å². The fraction of sp³-hybridized carbons (Fsp3) is 0.400. The molecule has 1 aromatic carbocycles.